The first-order chi connectivity index (χ1) is 15.6. The second kappa shape index (κ2) is 10.3. The van der Waals surface area contributed by atoms with E-state index in [9.17, 15) is 9.18 Å². The number of ether oxygens (including phenoxy) is 1. The molecular formula is C26H28ClFN2O2. The third-order valence-corrected chi connectivity index (χ3v) is 6.56. The molecule has 4 nitrogen and oxygen atoms in total. The molecule has 168 valence electrons. The van der Waals surface area contributed by atoms with Crippen LogP contribution in [-0.2, 0) is 6.67 Å². The lowest BCUT2D eigenvalue weighted by atomic mass is 9.81. The number of fused-ring (bicyclic) bond motifs is 1. The second-order valence-electron chi connectivity index (χ2n) is 8.41. The fourth-order valence-corrected chi connectivity index (χ4v) is 4.68. The lowest BCUT2D eigenvalue weighted by Crippen LogP contribution is -2.42. The van der Waals surface area contributed by atoms with E-state index in [1.54, 1.807) is 30.3 Å². The standard InChI is InChI=1S/C26H28ClFN2O2/c1-2-23(30-26(31)18-7-11-19(27)12-8-18)17-9-13-21(14-10-17)32-25-15-20(16-28)29-24-6-4-3-5-22(24)25/h3-8,11-12,15,17,21,23H,2,9-10,13-14,16H2,1H3,(H,30,31). The van der Waals surface area contributed by atoms with Crippen molar-refractivity contribution in [1.29, 1.82) is 0 Å². The SMILES string of the molecule is CCC(NC(=O)c1ccc(Cl)cc1)C1CCC(Oc2cc(CF)nc3ccccc23)CC1. The summed E-state index contributed by atoms with van der Waals surface area (Å²) in [4.78, 5) is 17.0. The Bertz CT molecular complexity index is 1070. The first-order valence-corrected chi connectivity index (χ1v) is 11.6. The first kappa shape index (κ1) is 22.5. The van der Waals surface area contributed by atoms with Gasteiger partial charge in [0.15, 0.2) is 0 Å². The van der Waals surface area contributed by atoms with Gasteiger partial charge in [0, 0.05) is 28.1 Å². The van der Waals surface area contributed by atoms with Crippen molar-refractivity contribution < 1.29 is 13.9 Å². The van der Waals surface area contributed by atoms with Crippen molar-refractivity contribution in [3.8, 4) is 5.75 Å². The molecule has 4 rings (SSSR count). The molecule has 0 spiro atoms. The number of carbonyl (C=O) groups is 1. The molecule has 6 heteroatoms. The van der Waals surface area contributed by atoms with Crippen LogP contribution in [0, 0.1) is 5.92 Å². The average molecular weight is 455 g/mol. The summed E-state index contributed by atoms with van der Waals surface area (Å²) >= 11 is 5.93. The molecule has 3 aromatic rings. The molecule has 1 N–H and O–H groups in total. The number of benzene rings is 2. The number of aromatic nitrogens is 1. The number of rotatable bonds is 7. The summed E-state index contributed by atoms with van der Waals surface area (Å²) in [7, 11) is 0. The zero-order chi connectivity index (χ0) is 22.5. The molecule has 1 unspecified atom stereocenters. The Kier molecular flexibility index (Phi) is 7.26. The van der Waals surface area contributed by atoms with Crippen LogP contribution in [0.3, 0.4) is 0 Å². The van der Waals surface area contributed by atoms with Crippen molar-refractivity contribution in [2.75, 3.05) is 0 Å². The highest BCUT2D eigenvalue weighted by atomic mass is 35.5. The van der Waals surface area contributed by atoms with Gasteiger partial charge in [-0.25, -0.2) is 9.37 Å². The number of hydrogen-bond donors (Lipinski definition) is 1. The highest BCUT2D eigenvalue weighted by molar-refractivity contribution is 6.30. The van der Waals surface area contributed by atoms with Crippen LogP contribution in [0.4, 0.5) is 4.39 Å². The van der Waals surface area contributed by atoms with Crippen LogP contribution < -0.4 is 10.1 Å². The maximum absolute atomic E-state index is 13.3. The molecule has 1 aromatic heterocycles. The minimum atomic E-state index is -0.612. The molecule has 1 aliphatic carbocycles. The molecule has 1 amide bonds. The van der Waals surface area contributed by atoms with E-state index in [2.05, 4.69) is 17.2 Å². The van der Waals surface area contributed by atoms with Crippen LogP contribution in [0.1, 0.15) is 55.1 Å². The van der Waals surface area contributed by atoms with Crippen LogP contribution >= 0.6 is 11.6 Å². The minimum absolute atomic E-state index is 0.0612. The molecule has 0 bridgehead atoms. The number of amides is 1. The third kappa shape index (κ3) is 5.21. The van der Waals surface area contributed by atoms with Gasteiger partial charge in [0.1, 0.15) is 12.4 Å². The summed E-state index contributed by atoms with van der Waals surface area (Å²) in [6.07, 6.45) is 4.71. The molecular weight excluding hydrogens is 427 g/mol. The van der Waals surface area contributed by atoms with Crippen molar-refractivity contribution >= 4 is 28.4 Å². The van der Waals surface area contributed by atoms with Gasteiger partial charge in [-0.15, -0.1) is 0 Å². The van der Waals surface area contributed by atoms with Crippen LogP contribution in [-0.4, -0.2) is 23.0 Å². The molecule has 0 aliphatic heterocycles. The summed E-state index contributed by atoms with van der Waals surface area (Å²) in [5, 5.41) is 4.73. The third-order valence-electron chi connectivity index (χ3n) is 6.31. The summed E-state index contributed by atoms with van der Waals surface area (Å²) in [6, 6.07) is 16.5. The number of nitrogens with zero attached hydrogens (tertiary/aromatic N) is 1. The zero-order valence-electron chi connectivity index (χ0n) is 18.2. The molecule has 2 aromatic carbocycles. The number of hydrogen-bond acceptors (Lipinski definition) is 3. The Morgan fingerprint density at radius 3 is 2.56 bits per heavy atom. The van der Waals surface area contributed by atoms with Crippen molar-refractivity contribution in [2.45, 2.75) is 57.8 Å². The number of carbonyl (C=O) groups excluding carboxylic acids is 1. The predicted octanol–water partition coefficient (Wildman–Crippen LogP) is 6.50. The van der Waals surface area contributed by atoms with Crippen molar-refractivity contribution in [1.82, 2.24) is 10.3 Å². The fourth-order valence-electron chi connectivity index (χ4n) is 4.56. The number of para-hydroxylation sites is 1. The fraction of sp³-hybridized carbons (Fsp3) is 0.385. The van der Waals surface area contributed by atoms with Gasteiger partial charge in [0.05, 0.1) is 17.3 Å². The molecule has 1 fully saturated rings. The number of nitrogens with one attached hydrogen (secondary N) is 1. The van der Waals surface area contributed by atoms with E-state index in [1.807, 2.05) is 24.3 Å². The molecule has 1 heterocycles. The minimum Gasteiger partial charge on any atom is -0.490 e. The van der Waals surface area contributed by atoms with Crippen molar-refractivity contribution in [3.63, 3.8) is 0 Å². The van der Waals surface area contributed by atoms with E-state index in [0.29, 0.717) is 27.9 Å². The van der Waals surface area contributed by atoms with Crippen molar-refractivity contribution in [2.24, 2.45) is 5.92 Å². The van der Waals surface area contributed by atoms with Crippen LogP contribution in [0.2, 0.25) is 5.02 Å². The van der Waals surface area contributed by atoms with Gasteiger partial charge in [0.25, 0.3) is 5.91 Å². The number of alkyl halides is 1. The average Bonchev–Trinajstić information content (AvgIpc) is 2.83. The maximum atomic E-state index is 13.3. The maximum Gasteiger partial charge on any atom is 0.251 e. The lowest BCUT2D eigenvalue weighted by Gasteiger charge is -2.34. The van der Waals surface area contributed by atoms with Gasteiger partial charge < -0.3 is 10.1 Å². The Hall–Kier alpha value is -2.66. The monoisotopic (exact) mass is 454 g/mol. The van der Waals surface area contributed by atoms with Crippen molar-refractivity contribution in [3.05, 3.63) is 70.9 Å². The normalized spacial score (nSPS) is 19.5. The topological polar surface area (TPSA) is 51.2 Å². The first-order valence-electron chi connectivity index (χ1n) is 11.2. The van der Waals surface area contributed by atoms with E-state index >= 15 is 0 Å². The zero-order valence-corrected chi connectivity index (χ0v) is 18.9. The second-order valence-corrected chi connectivity index (χ2v) is 8.85. The smallest absolute Gasteiger partial charge is 0.251 e. The Morgan fingerprint density at radius 2 is 1.88 bits per heavy atom. The molecule has 0 saturated heterocycles. The van der Waals surface area contributed by atoms with Gasteiger partial charge in [-0.2, -0.15) is 0 Å². The Morgan fingerprint density at radius 1 is 1.16 bits per heavy atom. The van der Waals surface area contributed by atoms with Gasteiger partial charge in [0.2, 0.25) is 0 Å². The molecule has 1 atom stereocenters. The van der Waals surface area contributed by atoms with E-state index in [-0.39, 0.29) is 18.1 Å². The molecule has 1 saturated carbocycles. The highest BCUT2D eigenvalue weighted by Gasteiger charge is 2.29. The van der Waals surface area contributed by atoms with Crippen LogP contribution in [0.15, 0.2) is 54.6 Å². The quantitative estimate of drug-likeness (QED) is 0.443. The van der Waals surface area contributed by atoms with Gasteiger partial charge in [-0.1, -0.05) is 30.7 Å². The highest BCUT2D eigenvalue weighted by Crippen LogP contribution is 2.33. The lowest BCUT2D eigenvalue weighted by molar-refractivity contribution is 0.0872. The molecule has 0 radical (unpaired) electrons. The number of halogens is 2. The Labute approximate surface area is 193 Å². The molecule has 1 aliphatic rings. The van der Waals surface area contributed by atoms with Gasteiger partial charge in [-0.3, -0.25) is 4.79 Å². The van der Waals surface area contributed by atoms with E-state index in [1.165, 1.54) is 0 Å². The summed E-state index contributed by atoms with van der Waals surface area (Å²) < 4.78 is 19.6. The summed E-state index contributed by atoms with van der Waals surface area (Å²) in [5.74, 6) is 1.05. The van der Waals surface area contributed by atoms with Crippen LogP contribution in [0.25, 0.3) is 10.9 Å². The van der Waals surface area contributed by atoms with Gasteiger partial charge in [-0.05, 0) is 74.4 Å². The summed E-state index contributed by atoms with van der Waals surface area (Å²) in [5.41, 5.74) is 1.77. The Balaban J connectivity index is 1.38. The van der Waals surface area contributed by atoms with Crippen LogP contribution in [0.5, 0.6) is 5.75 Å². The predicted molar refractivity (Wildman–Crippen MR) is 126 cm³/mol. The summed E-state index contributed by atoms with van der Waals surface area (Å²) in [6.45, 7) is 1.50. The van der Waals surface area contributed by atoms with Gasteiger partial charge >= 0.3 is 0 Å². The largest absolute Gasteiger partial charge is 0.490 e. The number of pyridine rings is 1. The van der Waals surface area contributed by atoms with E-state index in [4.69, 9.17) is 16.3 Å². The van der Waals surface area contributed by atoms with E-state index < -0.39 is 6.67 Å². The van der Waals surface area contributed by atoms with E-state index in [0.717, 1.165) is 43.0 Å². The molecule has 32 heavy (non-hydrogen) atoms.